The maximum absolute atomic E-state index is 12.5. The minimum atomic E-state index is -3.36. The van der Waals surface area contributed by atoms with Crippen molar-refractivity contribution >= 4 is 21.4 Å². The van der Waals surface area contributed by atoms with Crippen LogP contribution < -0.4 is 10.0 Å². The Morgan fingerprint density at radius 2 is 1.86 bits per heavy atom. The summed E-state index contributed by atoms with van der Waals surface area (Å²) in [5, 5.41) is 4.97. The molecule has 0 amide bonds. The highest BCUT2D eigenvalue weighted by molar-refractivity contribution is 7.89. The molecule has 1 aromatic rings. The molecule has 0 spiro atoms. The lowest BCUT2D eigenvalue weighted by Crippen LogP contribution is -2.35. The maximum atomic E-state index is 12.5. The van der Waals surface area contributed by atoms with Crippen LogP contribution in [-0.4, -0.2) is 21.0 Å². The standard InChI is InChI=1S/C15H26N2O2S2/c1-2-16-11-14-10-15(12-20-14)21(18,19)17-13-8-6-4-3-5-7-9-13/h10,12-13,16-17H,2-9,11H2,1H3. The summed E-state index contributed by atoms with van der Waals surface area (Å²) >= 11 is 1.50. The van der Waals surface area contributed by atoms with Crippen LogP contribution in [0.1, 0.15) is 56.7 Å². The lowest BCUT2D eigenvalue weighted by Gasteiger charge is -2.20. The number of hydrogen-bond donors (Lipinski definition) is 2. The molecule has 1 fully saturated rings. The molecule has 0 aromatic carbocycles. The van der Waals surface area contributed by atoms with Gasteiger partial charge in [-0.3, -0.25) is 0 Å². The van der Waals surface area contributed by atoms with E-state index in [1.165, 1.54) is 30.6 Å². The molecule has 1 aliphatic carbocycles. The Labute approximate surface area is 132 Å². The van der Waals surface area contributed by atoms with E-state index < -0.39 is 10.0 Å². The molecule has 2 rings (SSSR count). The van der Waals surface area contributed by atoms with E-state index in [2.05, 4.69) is 10.0 Å². The van der Waals surface area contributed by atoms with E-state index >= 15 is 0 Å². The van der Waals surface area contributed by atoms with E-state index in [1.54, 1.807) is 11.4 Å². The number of nitrogens with one attached hydrogen (secondary N) is 2. The summed E-state index contributed by atoms with van der Waals surface area (Å²) in [5.74, 6) is 0. The Hall–Kier alpha value is -0.430. The van der Waals surface area contributed by atoms with Crippen LogP contribution in [0.5, 0.6) is 0 Å². The monoisotopic (exact) mass is 330 g/mol. The Balaban J connectivity index is 1.97. The first kappa shape index (κ1) is 16.9. The summed E-state index contributed by atoms with van der Waals surface area (Å²) in [7, 11) is -3.36. The summed E-state index contributed by atoms with van der Waals surface area (Å²) in [4.78, 5) is 1.48. The second-order valence-corrected chi connectivity index (χ2v) is 8.40. The highest BCUT2D eigenvalue weighted by Gasteiger charge is 2.21. The maximum Gasteiger partial charge on any atom is 0.241 e. The Kier molecular flexibility index (Phi) is 6.67. The number of sulfonamides is 1. The summed E-state index contributed by atoms with van der Waals surface area (Å²) < 4.78 is 27.8. The van der Waals surface area contributed by atoms with Crippen molar-refractivity contribution in [3.05, 3.63) is 16.3 Å². The van der Waals surface area contributed by atoms with Crippen molar-refractivity contribution in [3.63, 3.8) is 0 Å². The van der Waals surface area contributed by atoms with Crippen molar-refractivity contribution in [2.75, 3.05) is 6.54 Å². The largest absolute Gasteiger partial charge is 0.312 e. The molecule has 0 aliphatic heterocycles. The van der Waals surface area contributed by atoms with Gasteiger partial charge >= 0.3 is 0 Å². The van der Waals surface area contributed by atoms with Crippen LogP contribution in [0.2, 0.25) is 0 Å². The Morgan fingerprint density at radius 1 is 1.19 bits per heavy atom. The third kappa shape index (κ3) is 5.36. The third-order valence-electron chi connectivity index (χ3n) is 3.92. The van der Waals surface area contributed by atoms with Gasteiger partial charge in [0.15, 0.2) is 0 Å². The highest BCUT2D eigenvalue weighted by Crippen LogP contribution is 2.22. The lowest BCUT2D eigenvalue weighted by molar-refractivity contribution is 0.426. The van der Waals surface area contributed by atoms with Gasteiger partial charge in [-0.1, -0.05) is 39.0 Å². The minimum absolute atomic E-state index is 0.104. The zero-order chi connectivity index (χ0) is 15.1. The van der Waals surface area contributed by atoms with Gasteiger partial charge in [0.1, 0.15) is 0 Å². The average Bonchev–Trinajstić information content (AvgIpc) is 2.89. The van der Waals surface area contributed by atoms with E-state index in [0.717, 1.165) is 43.6 Å². The van der Waals surface area contributed by atoms with Crippen LogP contribution in [0.25, 0.3) is 0 Å². The van der Waals surface area contributed by atoms with Gasteiger partial charge in [0.25, 0.3) is 0 Å². The topological polar surface area (TPSA) is 58.2 Å². The summed E-state index contributed by atoms with van der Waals surface area (Å²) in [6.45, 7) is 3.67. The van der Waals surface area contributed by atoms with Gasteiger partial charge in [0, 0.05) is 22.8 Å². The zero-order valence-electron chi connectivity index (χ0n) is 12.7. The third-order valence-corrected chi connectivity index (χ3v) is 6.50. The summed E-state index contributed by atoms with van der Waals surface area (Å²) in [5.41, 5.74) is 0. The normalized spacial score (nSPS) is 18.3. The van der Waals surface area contributed by atoms with Crippen molar-refractivity contribution in [1.29, 1.82) is 0 Å². The molecule has 0 unspecified atom stereocenters. The quantitative estimate of drug-likeness (QED) is 0.842. The summed E-state index contributed by atoms with van der Waals surface area (Å²) in [6.07, 6.45) is 7.93. The van der Waals surface area contributed by atoms with Crippen molar-refractivity contribution in [3.8, 4) is 0 Å². The van der Waals surface area contributed by atoms with Crippen molar-refractivity contribution < 1.29 is 8.42 Å². The van der Waals surface area contributed by atoms with E-state index in [-0.39, 0.29) is 6.04 Å². The van der Waals surface area contributed by atoms with E-state index in [4.69, 9.17) is 0 Å². The molecule has 120 valence electrons. The van der Waals surface area contributed by atoms with Crippen LogP contribution >= 0.6 is 11.3 Å². The smallest absolute Gasteiger partial charge is 0.241 e. The predicted octanol–water partition coefficient (Wildman–Crippen LogP) is 3.25. The Bertz CT molecular complexity index is 518. The molecule has 6 heteroatoms. The molecule has 4 nitrogen and oxygen atoms in total. The fraction of sp³-hybridized carbons (Fsp3) is 0.733. The molecule has 0 bridgehead atoms. The number of hydrogen-bond acceptors (Lipinski definition) is 4. The van der Waals surface area contributed by atoms with Gasteiger partial charge in [-0.25, -0.2) is 13.1 Å². The van der Waals surface area contributed by atoms with Gasteiger partial charge < -0.3 is 5.32 Å². The Morgan fingerprint density at radius 3 is 2.52 bits per heavy atom. The molecule has 1 aliphatic rings. The summed E-state index contributed by atoms with van der Waals surface area (Å²) in [6, 6.07) is 1.89. The molecule has 0 radical (unpaired) electrons. The van der Waals surface area contributed by atoms with Crippen LogP contribution in [-0.2, 0) is 16.6 Å². The molecule has 0 atom stereocenters. The predicted molar refractivity (Wildman–Crippen MR) is 88.1 cm³/mol. The van der Waals surface area contributed by atoms with Crippen molar-refractivity contribution in [1.82, 2.24) is 10.0 Å². The minimum Gasteiger partial charge on any atom is -0.312 e. The highest BCUT2D eigenvalue weighted by atomic mass is 32.2. The van der Waals surface area contributed by atoms with Gasteiger partial charge in [0.2, 0.25) is 10.0 Å². The SMILES string of the molecule is CCNCc1cc(S(=O)(=O)NC2CCCCCCC2)cs1. The van der Waals surface area contributed by atoms with Crippen LogP contribution in [0.3, 0.4) is 0 Å². The number of rotatable bonds is 6. The van der Waals surface area contributed by atoms with E-state index in [0.29, 0.717) is 4.90 Å². The van der Waals surface area contributed by atoms with Gasteiger partial charge in [-0.05, 0) is 25.5 Å². The van der Waals surface area contributed by atoms with Gasteiger partial charge in [-0.2, -0.15) is 0 Å². The first-order chi connectivity index (χ1) is 10.1. The molecule has 0 saturated heterocycles. The fourth-order valence-electron chi connectivity index (χ4n) is 2.70. The van der Waals surface area contributed by atoms with Crippen LogP contribution in [0.15, 0.2) is 16.3 Å². The average molecular weight is 331 g/mol. The molecular weight excluding hydrogens is 304 g/mol. The van der Waals surface area contributed by atoms with Crippen molar-refractivity contribution in [2.45, 2.75) is 69.4 Å². The molecule has 1 heterocycles. The molecule has 1 aromatic heterocycles. The van der Waals surface area contributed by atoms with Crippen molar-refractivity contribution in [2.24, 2.45) is 0 Å². The zero-order valence-corrected chi connectivity index (χ0v) is 14.4. The fourth-order valence-corrected chi connectivity index (χ4v) is 5.25. The molecule has 2 N–H and O–H groups in total. The van der Waals surface area contributed by atoms with Gasteiger partial charge in [-0.15, -0.1) is 11.3 Å². The van der Waals surface area contributed by atoms with Crippen LogP contribution in [0, 0.1) is 0 Å². The molecule has 1 saturated carbocycles. The second-order valence-electron chi connectivity index (χ2n) is 5.69. The number of thiophene rings is 1. The first-order valence-electron chi connectivity index (χ1n) is 7.92. The van der Waals surface area contributed by atoms with E-state index in [9.17, 15) is 8.42 Å². The molecule has 21 heavy (non-hydrogen) atoms. The van der Waals surface area contributed by atoms with E-state index in [1.807, 2.05) is 6.92 Å². The van der Waals surface area contributed by atoms with Crippen LogP contribution in [0.4, 0.5) is 0 Å². The van der Waals surface area contributed by atoms with Gasteiger partial charge in [0.05, 0.1) is 4.90 Å². The lowest BCUT2D eigenvalue weighted by atomic mass is 9.97. The second kappa shape index (κ2) is 8.27. The molecular formula is C15H26N2O2S2. The first-order valence-corrected chi connectivity index (χ1v) is 10.3.